The van der Waals surface area contributed by atoms with Gasteiger partial charge in [-0.25, -0.2) is 4.98 Å². The number of hydrogen-bond acceptors (Lipinski definition) is 1. The summed E-state index contributed by atoms with van der Waals surface area (Å²) in [5.41, 5.74) is 13.8. The fourth-order valence-corrected chi connectivity index (χ4v) is 8.35. The van der Waals surface area contributed by atoms with E-state index in [1.165, 1.54) is 44.2 Å². The monoisotopic (exact) mass is 636 g/mol. The number of hydrogen-bond donors (Lipinski definition) is 0. The molecule has 0 saturated carbocycles. The summed E-state index contributed by atoms with van der Waals surface area (Å²) in [5.74, 6) is 0.898. The van der Waals surface area contributed by atoms with Gasteiger partial charge in [0.15, 0.2) is 0 Å². The lowest BCUT2D eigenvalue weighted by Crippen LogP contribution is -2.28. The molecule has 0 atom stereocenters. The summed E-state index contributed by atoms with van der Waals surface area (Å²) in [6.45, 7) is 0. The van der Waals surface area contributed by atoms with Crippen molar-refractivity contribution in [2.75, 3.05) is 0 Å². The molecular formula is C48H32N2. The first-order valence-electron chi connectivity index (χ1n) is 17.2. The number of fused-ring (bicyclic) bond motifs is 6. The number of rotatable bonds is 5. The van der Waals surface area contributed by atoms with Gasteiger partial charge in [0, 0.05) is 16.3 Å². The van der Waals surface area contributed by atoms with Gasteiger partial charge in [0.1, 0.15) is 5.82 Å². The SMILES string of the molecule is c1ccc(-c2cc(-c3ccccc3)nc(-n3c4ccccc4c4ccc(C5(c6ccccc6)c6ccccc6-c6ccccc65)cc43)c2)cc1. The Hall–Kier alpha value is -6.51. The quantitative estimate of drug-likeness (QED) is 0.184. The smallest absolute Gasteiger partial charge is 0.138 e. The molecule has 0 aliphatic heterocycles. The predicted molar refractivity (Wildman–Crippen MR) is 207 cm³/mol. The van der Waals surface area contributed by atoms with Gasteiger partial charge in [0.05, 0.1) is 22.1 Å². The Morgan fingerprint density at radius 2 is 0.940 bits per heavy atom. The minimum absolute atomic E-state index is 0.488. The molecular weight excluding hydrogens is 605 g/mol. The minimum atomic E-state index is -0.488. The van der Waals surface area contributed by atoms with E-state index >= 15 is 0 Å². The van der Waals surface area contributed by atoms with Crippen LogP contribution in [0.15, 0.2) is 194 Å². The van der Waals surface area contributed by atoms with Crippen molar-refractivity contribution >= 4 is 21.8 Å². The number of pyridine rings is 1. The predicted octanol–water partition coefficient (Wildman–Crippen LogP) is 11.9. The van der Waals surface area contributed by atoms with Crippen LogP contribution in [0.2, 0.25) is 0 Å². The van der Waals surface area contributed by atoms with Gasteiger partial charge >= 0.3 is 0 Å². The van der Waals surface area contributed by atoms with Gasteiger partial charge in [-0.1, -0.05) is 170 Å². The van der Waals surface area contributed by atoms with E-state index in [1.807, 2.05) is 0 Å². The Balaban J connectivity index is 1.31. The first-order valence-corrected chi connectivity index (χ1v) is 17.2. The Morgan fingerprint density at radius 1 is 0.380 bits per heavy atom. The molecule has 10 rings (SSSR count). The molecule has 0 N–H and O–H groups in total. The zero-order valence-corrected chi connectivity index (χ0v) is 27.4. The molecule has 234 valence electrons. The molecule has 2 heteroatoms. The number of aromatic nitrogens is 2. The van der Waals surface area contributed by atoms with Gasteiger partial charge in [0.2, 0.25) is 0 Å². The molecule has 0 radical (unpaired) electrons. The molecule has 9 aromatic rings. The third-order valence-corrected chi connectivity index (χ3v) is 10.5. The van der Waals surface area contributed by atoms with Crippen LogP contribution in [0.4, 0.5) is 0 Å². The van der Waals surface area contributed by atoms with Crippen molar-refractivity contribution in [3.05, 3.63) is 216 Å². The molecule has 2 nitrogen and oxygen atoms in total. The second-order valence-electron chi connectivity index (χ2n) is 13.1. The Morgan fingerprint density at radius 3 is 1.64 bits per heavy atom. The molecule has 0 unspecified atom stereocenters. The van der Waals surface area contributed by atoms with E-state index in [4.69, 9.17) is 4.98 Å². The number of benzene rings is 7. The number of nitrogens with zero attached hydrogens (tertiary/aromatic N) is 2. The van der Waals surface area contributed by atoms with Crippen LogP contribution in [0.5, 0.6) is 0 Å². The molecule has 1 aliphatic carbocycles. The van der Waals surface area contributed by atoms with Crippen LogP contribution >= 0.6 is 0 Å². The van der Waals surface area contributed by atoms with Crippen LogP contribution in [-0.2, 0) is 5.41 Å². The lowest BCUT2D eigenvalue weighted by atomic mass is 9.67. The maximum absolute atomic E-state index is 5.41. The Labute approximate surface area is 291 Å². The van der Waals surface area contributed by atoms with Crippen LogP contribution in [0.1, 0.15) is 22.3 Å². The summed E-state index contributed by atoms with van der Waals surface area (Å²) in [6, 6.07) is 70.3. The summed E-state index contributed by atoms with van der Waals surface area (Å²) in [4.78, 5) is 5.41. The van der Waals surface area contributed by atoms with E-state index in [1.54, 1.807) is 0 Å². The summed E-state index contributed by atoms with van der Waals surface area (Å²) >= 11 is 0. The van der Waals surface area contributed by atoms with Crippen molar-refractivity contribution in [1.82, 2.24) is 9.55 Å². The van der Waals surface area contributed by atoms with Crippen LogP contribution in [-0.4, -0.2) is 9.55 Å². The van der Waals surface area contributed by atoms with E-state index < -0.39 is 5.41 Å². The molecule has 0 spiro atoms. The van der Waals surface area contributed by atoms with Crippen molar-refractivity contribution in [3.63, 3.8) is 0 Å². The molecule has 1 aliphatic rings. The van der Waals surface area contributed by atoms with Crippen LogP contribution in [0, 0.1) is 0 Å². The highest BCUT2D eigenvalue weighted by Crippen LogP contribution is 2.56. The highest BCUT2D eigenvalue weighted by Gasteiger charge is 2.46. The average Bonchev–Trinajstić information content (AvgIpc) is 3.69. The fraction of sp³-hybridized carbons (Fsp3) is 0.0208. The zero-order chi connectivity index (χ0) is 33.1. The Kier molecular flexibility index (Phi) is 6.43. The molecule has 0 fully saturated rings. The average molecular weight is 637 g/mol. The fourth-order valence-electron chi connectivity index (χ4n) is 8.35. The highest BCUT2D eigenvalue weighted by molar-refractivity contribution is 6.09. The summed E-state index contributed by atoms with van der Waals surface area (Å²) < 4.78 is 2.37. The van der Waals surface area contributed by atoms with E-state index in [2.05, 4.69) is 199 Å². The summed E-state index contributed by atoms with van der Waals surface area (Å²) in [5, 5.41) is 2.42. The van der Waals surface area contributed by atoms with Gasteiger partial charge in [-0.2, -0.15) is 0 Å². The van der Waals surface area contributed by atoms with E-state index in [0.717, 1.165) is 39.2 Å². The van der Waals surface area contributed by atoms with Gasteiger partial charge < -0.3 is 0 Å². The van der Waals surface area contributed by atoms with E-state index in [9.17, 15) is 0 Å². The third-order valence-electron chi connectivity index (χ3n) is 10.5. The lowest BCUT2D eigenvalue weighted by Gasteiger charge is -2.34. The molecule has 50 heavy (non-hydrogen) atoms. The second kappa shape index (κ2) is 11.3. The van der Waals surface area contributed by atoms with E-state index in [0.29, 0.717) is 0 Å². The first kappa shape index (κ1) is 28.5. The Bertz CT molecular complexity index is 2590. The zero-order valence-electron chi connectivity index (χ0n) is 27.4. The van der Waals surface area contributed by atoms with Crippen LogP contribution in [0.3, 0.4) is 0 Å². The van der Waals surface area contributed by atoms with Crippen LogP contribution < -0.4 is 0 Å². The lowest BCUT2D eigenvalue weighted by molar-refractivity contribution is 0.769. The molecule has 0 saturated heterocycles. The van der Waals surface area contributed by atoms with Crippen molar-refractivity contribution in [3.8, 4) is 39.3 Å². The van der Waals surface area contributed by atoms with Crippen molar-refractivity contribution in [2.24, 2.45) is 0 Å². The van der Waals surface area contributed by atoms with Crippen molar-refractivity contribution in [2.45, 2.75) is 5.41 Å². The molecule has 0 amide bonds. The summed E-state index contributed by atoms with van der Waals surface area (Å²) in [7, 11) is 0. The molecule has 2 heterocycles. The normalized spacial score (nSPS) is 13.0. The third kappa shape index (κ3) is 4.18. The molecule has 2 aromatic heterocycles. The largest absolute Gasteiger partial charge is 0.294 e. The van der Waals surface area contributed by atoms with Gasteiger partial charge in [-0.05, 0) is 68.8 Å². The number of para-hydroxylation sites is 1. The van der Waals surface area contributed by atoms with Crippen LogP contribution in [0.25, 0.3) is 61.1 Å². The topological polar surface area (TPSA) is 17.8 Å². The minimum Gasteiger partial charge on any atom is -0.294 e. The first-order chi connectivity index (χ1) is 24.8. The maximum atomic E-state index is 5.41. The van der Waals surface area contributed by atoms with Gasteiger partial charge in [0.25, 0.3) is 0 Å². The standard InChI is InChI=1S/C48H32N2/c1-4-16-33(17-5-1)35-30-44(34-18-6-2-7-19-34)49-47(31-35)50-45-27-15-12-24-40(45)41-29-28-37(32-46(41)50)48(36-20-8-3-9-21-36)42-25-13-10-22-38(42)39-23-11-14-26-43(39)48/h1-32H. The summed E-state index contributed by atoms with van der Waals surface area (Å²) in [6.07, 6.45) is 0. The van der Waals surface area contributed by atoms with Gasteiger partial charge in [-0.3, -0.25) is 4.57 Å². The van der Waals surface area contributed by atoms with E-state index in [-0.39, 0.29) is 0 Å². The maximum Gasteiger partial charge on any atom is 0.138 e. The second-order valence-corrected chi connectivity index (χ2v) is 13.1. The van der Waals surface area contributed by atoms with Crippen molar-refractivity contribution in [1.29, 1.82) is 0 Å². The highest BCUT2D eigenvalue weighted by atomic mass is 15.1. The van der Waals surface area contributed by atoms with Crippen molar-refractivity contribution < 1.29 is 0 Å². The van der Waals surface area contributed by atoms with Gasteiger partial charge in [-0.15, -0.1) is 0 Å². The molecule has 0 bridgehead atoms. The molecule has 7 aromatic carbocycles.